The third kappa shape index (κ3) is 4.50. The van der Waals surface area contributed by atoms with Gasteiger partial charge in [-0.15, -0.1) is 0 Å². The third-order valence-corrected chi connectivity index (χ3v) is 6.42. The molecule has 1 fully saturated rings. The van der Waals surface area contributed by atoms with Gasteiger partial charge < -0.3 is 4.90 Å². The molecule has 1 saturated heterocycles. The fourth-order valence-electron chi connectivity index (χ4n) is 3.07. The van der Waals surface area contributed by atoms with Crippen molar-refractivity contribution in [3.63, 3.8) is 0 Å². The predicted octanol–water partition coefficient (Wildman–Crippen LogP) is 3.21. The Labute approximate surface area is 151 Å². The lowest BCUT2D eigenvalue weighted by Crippen LogP contribution is -2.36. The van der Waals surface area contributed by atoms with Crippen molar-refractivity contribution < 1.29 is 13.2 Å². The van der Waals surface area contributed by atoms with E-state index in [0.29, 0.717) is 31.7 Å². The van der Waals surface area contributed by atoms with E-state index in [1.165, 1.54) is 10.4 Å². The lowest BCUT2D eigenvalue weighted by atomic mass is 10.1. The summed E-state index contributed by atoms with van der Waals surface area (Å²) in [4.78, 5) is 14.8. The largest absolute Gasteiger partial charge is 0.335 e. The first kappa shape index (κ1) is 19.7. The Hall–Kier alpha value is -1.66. The van der Waals surface area contributed by atoms with E-state index in [2.05, 4.69) is 6.58 Å². The maximum Gasteiger partial charge on any atom is 0.254 e. The Morgan fingerprint density at radius 1 is 1.24 bits per heavy atom. The van der Waals surface area contributed by atoms with Crippen molar-refractivity contribution in [2.75, 3.05) is 26.2 Å². The predicted molar refractivity (Wildman–Crippen MR) is 100 cm³/mol. The van der Waals surface area contributed by atoms with E-state index in [9.17, 15) is 13.2 Å². The number of rotatable bonds is 6. The minimum atomic E-state index is -3.55. The molecule has 25 heavy (non-hydrogen) atoms. The molecule has 1 aromatic rings. The van der Waals surface area contributed by atoms with Crippen molar-refractivity contribution in [1.29, 1.82) is 0 Å². The number of sulfonamides is 1. The number of carbonyl (C=O) groups is 1. The molecule has 1 aliphatic heterocycles. The summed E-state index contributed by atoms with van der Waals surface area (Å²) in [5, 5.41) is 0. The minimum absolute atomic E-state index is 0.154. The van der Waals surface area contributed by atoms with Crippen LogP contribution in [0.3, 0.4) is 0 Å². The molecule has 0 N–H and O–H groups in total. The summed E-state index contributed by atoms with van der Waals surface area (Å²) in [6, 6.07) is 4.85. The summed E-state index contributed by atoms with van der Waals surface area (Å²) in [5.41, 5.74) is 2.12. The monoisotopic (exact) mass is 364 g/mol. The molecule has 1 aromatic carbocycles. The van der Waals surface area contributed by atoms with Gasteiger partial charge >= 0.3 is 0 Å². The Bertz CT molecular complexity index is 750. The molecule has 0 unspecified atom stereocenters. The van der Waals surface area contributed by atoms with Crippen LogP contribution in [0.15, 0.2) is 35.2 Å². The van der Waals surface area contributed by atoms with Gasteiger partial charge in [-0.2, -0.15) is 4.31 Å². The summed E-state index contributed by atoms with van der Waals surface area (Å²) in [7, 11) is -3.55. The van der Waals surface area contributed by atoms with Crippen molar-refractivity contribution in [3.8, 4) is 0 Å². The van der Waals surface area contributed by atoms with Gasteiger partial charge in [0, 0.05) is 31.7 Å². The second-order valence-electron chi connectivity index (χ2n) is 6.72. The van der Waals surface area contributed by atoms with E-state index in [1.54, 1.807) is 17.0 Å². The molecule has 138 valence electrons. The van der Waals surface area contributed by atoms with E-state index in [1.807, 2.05) is 20.8 Å². The fraction of sp³-hybridized carbons (Fsp3) is 0.526. The molecule has 0 radical (unpaired) electrons. The lowest BCUT2D eigenvalue weighted by Gasteiger charge is -2.26. The summed E-state index contributed by atoms with van der Waals surface area (Å²) in [5.74, 6) is -0.154. The summed E-state index contributed by atoms with van der Waals surface area (Å²) < 4.78 is 27.3. The second-order valence-corrected chi connectivity index (χ2v) is 8.66. The van der Waals surface area contributed by atoms with Gasteiger partial charge in [-0.25, -0.2) is 8.42 Å². The molecule has 0 saturated carbocycles. The van der Waals surface area contributed by atoms with E-state index < -0.39 is 10.0 Å². The normalized spacial score (nSPS) is 15.8. The van der Waals surface area contributed by atoms with Crippen LogP contribution in [-0.2, 0) is 10.0 Å². The smallest absolute Gasteiger partial charge is 0.254 e. The highest BCUT2D eigenvalue weighted by Gasteiger charge is 2.27. The molecular weight excluding hydrogens is 336 g/mol. The highest BCUT2D eigenvalue weighted by Crippen LogP contribution is 2.23. The number of hydrogen-bond donors (Lipinski definition) is 0. The third-order valence-electron chi connectivity index (χ3n) is 4.52. The number of piperidine rings is 1. The van der Waals surface area contributed by atoms with Gasteiger partial charge in [0.05, 0.1) is 4.90 Å². The minimum Gasteiger partial charge on any atom is -0.335 e. The second kappa shape index (κ2) is 8.15. The molecule has 0 aliphatic carbocycles. The highest BCUT2D eigenvalue weighted by atomic mass is 32.2. The average Bonchev–Trinajstić information content (AvgIpc) is 2.60. The summed E-state index contributed by atoms with van der Waals surface area (Å²) >= 11 is 0. The van der Waals surface area contributed by atoms with Gasteiger partial charge in [0.1, 0.15) is 0 Å². The Balaban J connectivity index is 2.36. The molecule has 1 aliphatic rings. The molecule has 1 amide bonds. The number of hydrogen-bond acceptors (Lipinski definition) is 3. The quantitative estimate of drug-likeness (QED) is 0.728. The van der Waals surface area contributed by atoms with E-state index in [-0.39, 0.29) is 10.8 Å². The average molecular weight is 365 g/mol. The zero-order chi connectivity index (χ0) is 18.6. The molecule has 5 nitrogen and oxygen atoms in total. The van der Waals surface area contributed by atoms with Gasteiger partial charge in [-0.3, -0.25) is 4.79 Å². The van der Waals surface area contributed by atoms with E-state index >= 15 is 0 Å². The number of likely N-dealkylation sites (N-methyl/N-ethyl adjacent to an activating group) is 1. The van der Waals surface area contributed by atoms with Crippen LogP contribution >= 0.6 is 0 Å². The molecule has 0 bridgehead atoms. The van der Waals surface area contributed by atoms with Gasteiger partial charge in [0.15, 0.2) is 0 Å². The number of benzene rings is 1. The maximum atomic E-state index is 12.9. The first-order valence-corrected chi connectivity index (χ1v) is 10.3. The van der Waals surface area contributed by atoms with Gasteiger partial charge in [-0.1, -0.05) is 24.6 Å². The van der Waals surface area contributed by atoms with Crippen molar-refractivity contribution in [2.24, 2.45) is 0 Å². The first-order valence-electron chi connectivity index (χ1n) is 8.81. The summed E-state index contributed by atoms with van der Waals surface area (Å²) in [6.07, 6.45) is 2.84. The Morgan fingerprint density at radius 2 is 1.88 bits per heavy atom. The molecular formula is C19H28N2O3S. The van der Waals surface area contributed by atoms with Crippen LogP contribution in [-0.4, -0.2) is 49.7 Å². The zero-order valence-electron chi connectivity index (χ0n) is 15.4. The van der Waals surface area contributed by atoms with Crippen LogP contribution < -0.4 is 0 Å². The molecule has 0 aromatic heterocycles. The van der Waals surface area contributed by atoms with Crippen LogP contribution in [0.1, 0.15) is 49.0 Å². The highest BCUT2D eigenvalue weighted by molar-refractivity contribution is 7.89. The van der Waals surface area contributed by atoms with Crippen LogP contribution in [0.4, 0.5) is 0 Å². The number of carbonyl (C=O) groups excluding carboxylic acids is 1. The standard InChI is InChI=1S/C19H28N2O3S/c1-5-20(14-15(2)3)19(22)18-13-17(10-9-16(18)4)25(23,24)21-11-7-6-8-12-21/h9-10,13H,2,5-8,11-12,14H2,1,3-4H3. The van der Waals surface area contributed by atoms with Crippen molar-refractivity contribution >= 4 is 15.9 Å². The summed E-state index contributed by atoms with van der Waals surface area (Å²) in [6.45, 7) is 11.6. The van der Waals surface area contributed by atoms with Crippen molar-refractivity contribution in [2.45, 2.75) is 44.9 Å². The zero-order valence-corrected chi connectivity index (χ0v) is 16.2. The lowest BCUT2D eigenvalue weighted by molar-refractivity contribution is 0.0777. The van der Waals surface area contributed by atoms with E-state index in [4.69, 9.17) is 0 Å². The van der Waals surface area contributed by atoms with Crippen LogP contribution in [0.2, 0.25) is 0 Å². The van der Waals surface area contributed by atoms with E-state index in [0.717, 1.165) is 30.4 Å². The molecule has 2 rings (SSSR count). The first-order chi connectivity index (χ1) is 11.8. The van der Waals surface area contributed by atoms with Crippen molar-refractivity contribution in [3.05, 3.63) is 41.5 Å². The maximum absolute atomic E-state index is 12.9. The number of nitrogens with zero attached hydrogens (tertiary/aromatic N) is 2. The SMILES string of the molecule is C=C(C)CN(CC)C(=O)c1cc(S(=O)(=O)N2CCCCC2)ccc1C. The van der Waals surface area contributed by atoms with Crippen LogP contribution in [0, 0.1) is 6.92 Å². The molecule has 6 heteroatoms. The molecule has 0 atom stereocenters. The Morgan fingerprint density at radius 3 is 2.44 bits per heavy atom. The van der Waals surface area contributed by atoms with Crippen LogP contribution in [0.5, 0.6) is 0 Å². The Kier molecular flexibility index (Phi) is 6.41. The fourth-order valence-corrected chi connectivity index (χ4v) is 4.61. The van der Waals surface area contributed by atoms with Gasteiger partial charge in [-0.05, 0) is 51.3 Å². The van der Waals surface area contributed by atoms with Gasteiger partial charge in [0.25, 0.3) is 5.91 Å². The molecule has 1 heterocycles. The number of amides is 1. The van der Waals surface area contributed by atoms with Crippen molar-refractivity contribution in [1.82, 2.24) is 9.21 Å². The number of aryl methyl sites for hydroxylation is 1. The molecule has 0 spiro atoms. The van der Waals surface area contributed by atoms with Crippen LogP contribution in [0.25, 0.3) is 0 Å². The van der Waals surface area contributed by atoms with Gasteiger partial charge in [0.2, 0.25) is 10.0 Å². The topological polar surface area (TPSA) is 57.7 Å².